The van der Waals surface area contributed by atoms with Crippen LogP contribution in [0.4, 0.5) is 13.2 Å². The third-order valence-electron chi connectivity index (χ3n) is 3.03. The van der Waals surface area contributed by atoms with Gasteiger partial charge in [0, 0.05) is 5.56 Å². The van der Waals surface area contributed by atoms with Gasteiger partial charge in [0.1, 0.15) is 11.5 Å². The molecule has 128 valence electrons. The monoisotopic (exact) mass is 422 g/mol. The van der Waals surface area contributed by atoms with Gasteiger partial charge in [-0.05, 0) is 45.8 Å². The number of phenolic OH excluding ortho intramolecular Hbond substituents is 1. The standard InChI is InChI=1S/C15H10BrF3N2O2.ClH/c16-12-6-8(7-20)5-11(14(12)22)13(21)9-1-3-10(4-2-9)23-15(17,18)19;/h1-6,13,22H,21H2;1H/t13-;/m1./s1. The number of nitrogens with two attached hydrogens (primary N) is 1. The van der Waals surface area contributed by atoms with Gasteiger partial charge in [-0.25, -0.2) is 0 Å². The van der Waals surface area contributed by atoms with Crippen LogP contribution in [0.3, 0.4) is 0 Å². The topological polar surface area (TPSA) is 79.3 Å². The van der Waals surface area contributed by atoms with Crippen LogP contribution in [-0.2, 0) is 0 Å². The molecule has 1 atom stereocenters. The van der Waals surface area contributed by atoms with E-state index in [0.29, 0.717) is 10.0 Å². The Balaban J connectivity index is 0.00000288. The zero-order valence-electron chi connectivity index (χ0n) is 11.8. The zero-order chi connectivity index (χ0) is 17.2. The highest BCUT2D eigenvalue weighted by molar-refractivity contribution is 9.10. The van der Waals surface area contributed by atoms with Gasteiger partial charge in [0.15, 0.2) is 0 Å². The highest BCUT2D eigenvalue weighted by Gasteiger charge is 2.31. The zero-order valence-corrected chi connectivity index (χ0v) is 14.2. The molecule has 0 aliphatic carbocycles. The van der Waals surface area contributed by atoms with Crippen molar-refractivity contribution in [1.29, 1.82) is 5.26 Å². The van der Waals surface area contributed by atoms with E-state index in [-0.39, 0.29) is 35.0 Å². The lowest BCUT2D eigenvalue weighted by atomic mass is 9.97. The summed E-state index contributed by atoms with van der Waals surface area (Å²) in [6, 6.07) is 8.95. The Bertz CT molecular complexity index is 761. The fourth-order valence-electron chi connectivity index (χ4n) is 1.98. The van der Waals surface area contributed by atoms with E-state index in [9.17, 15) is 18.3 Å². The van der Waals surface area contributed by atoms with Crippen molar-refractivity contribution in [2.24, 2.45) is 5.73 Å². The highest BCUT2D eigenvalue weighted by atomic mass is 79.9. The average Bonchev–Trinajstić information content (AvgIpc) is 2.48. The van der Waals surface area contributed by atoms with Gasteiger partial charge in [0.2, 0.25) is 0 Å². The van der Waals surface area contributed by atoms with Crippen molar-refractivity contribution in [3.05, 3.63) is 57.6 Å². The molecule has 0 amide bonds. The van der Waals surface area contributed by atoms with Crippen LogP contribution in [-0.4, -0.2) is 11.5 Å². The second-order valence-corrected chi connectivity index (χ2v) is 5.46. The van der Waals surface area contributed by atoms with Gasteiger partial charge < -0.3 is 15.6 Å². The van der Waals surface area contributed by atoms with Crippen LogP contribution in [0.2, 0.25) is 0 Å². The molecule has 2 rings (SSSR count). The fraction of sp³-hybridized carbons (Fsp3) is 0.133. The summed E-state index contributed by atoms with van der Waals surface area (Å²) in [7, 11) is 0. The van der Waals surface area contributed by atoms with E-state index in [0.717, 1.165) is 12.1 Å². The molecule has 0 radical (unpaired) electrons. The summed E-state index contributed by atoms with van der Waals surface area (Å²) in [6.45, 7) is 0. The molecule has 2 aromatic rings. The number of nitrogens with zero attached hydrogens (tertiary/aromatic N) is 1. The Morgan fingerprint density at radius 1 is 1.21 bits per heavy atom. The molecule has 0 heterocycles. The molecule has 3 N–H and O–H groups in total. The van der Waals surface area contributed by atoms with Crippen LogP contribution in [0.5, 0.6) is 11.5 Å². The van der Waals surface area contributed by atoms with Crippen LogP contribution in [0.25, 0.3) is 0 Å². The molecule has 0 bridgehead atoms. The molecule has 4 nitrogen and oxygen atoms in total. The van der Waals surface area contributed by atoms with Gasteiger partial charge in [-0.3, -0.25) is 0 Å². The lowest BCUT2D eigenvalue weighted by molar-refractivity contribution is -0.274. The minimum atomic E-state index is -4.77. The maximum Gasteiger partial charge on any atom is 0.573 e. The second-order valence-electron chi connectivity index (χ2n) is 4.60. The van der Waals surface area contributed by atoms with E-state index in [1.54, 1.807) is 0 Å². The van der Waals surface area contributed by atoms with E-state index in [1.165, 1.54) is 24.3 Å². The lowest BCUT2D eigenvalue weighted by Gasteiger charge is -2.16. The van der Waals surface area contributed by atoms with Gasteiger partial charge in [-0.15, -0.1) is 25.6 Å². The fourth-order valence-corrected chi connectivity index (χ4v) is 2.45. The number of aromatic hydroxyl groups is 1. The number of phenols is 1. The SMILES string of the molecule is Cl.N#Cc1cc(Br)c(O)c([C@H](N)c2ccc(OC(F)(F)F)cc2)c1. The molecule has 0 spiro atoms. The Morgan fingerprint density at radius 2 is 1.79 bits per heavy atom. The van der Waals surface area contributed by atoms with Gasteiger partial charge in [0.05, 0.1) is 22.1 Å². The van der Waals surface area contributed by atoms with Gasteiger partial charge in [-0.1, -0.05) is 12.1 Å². The van der Waals surface area contributed by atoms with E-state index in [4.69, 9.17) is 11.0 Å². The summed E-state index contributed by atoms with van der Waals surface area (Å²) < 4.78 is 40.5. The van der Waals surface area contributed by atoms with Crippen molar-refractivity contribution < 1.29 is 23.0 Å². The van der Waals surface area contributed by atoms with Crippen LogP contribution < -0.4 is 10.5 Å². The molecule has 0 aliphatic rings. The Labute approximate surface area is 150 Å². The Morgan fingerprint density at radius 3 is 2.29 bits per heavy atom. The first kappa shape index (κ1) is 20.1. The smallest absolute Gasteiger partial charge is 0.506 e. The molecule has 9 heteroatoms. The van der Waals surface area contributed by atoms with Crippen molar-refractivity contribution in [1.82, 2.24) is 0 Å². The van der Waals surface area contributed by atoms with Crippen molar-refractivity contribution in [3.63, 3.8) is 0 Å². The maximum atomic E-state index is 12.1. The molecule has 24 heavy (non-hydrogen) atoms. The summed E-state index contributed by atoms with van der Waals surface area (Å²) in [5, 5.41) is 19.0. The Hall–Kier alpha value is -1.95. The minimum Gasteiger partial charge on any atom is -0.506 e. The number of nitriles is 1. The van der Waals surface area contributed by atoms with Crippen molar-refractivity contribution >= 4 is 28.3 Å². The number of hydrogen-bond donors (Lipinski definition) is 2. The lowest BCUT2D eigenvalue weighted by Crippen LogP contribution is -2.17. The van der Waals surface area contributed by atoms with Crippen LogP contribution in [0.1, 0.15) is 22.7 Å². The number of ether oxygens (including phenoxy) is 1. The summed E-state index contributed by atoms with van der Waals surface area (Å²) in [5.41, 5.74) is 7.06. The first-order valence-corrected chi connectivity index (χ1v) is 7.04. The van der Waals surface area contributed by atoms with Crippen LogP contribution in [0.15, 0.2) is 40.9 Å². The minimum absolute atomic E-state index is 0. The molecule has 0 saturated heterocycles. The summed E-state index contributed by atoms with van der Waals surface area (Å²) >= 11 is 3.12. The van der Waals surface area contributed by atoms with Gasteiger partial charge in [0.25, 0.3) is 0 Å². The van der Waals surface area contributed by atoms with Crippen LogP contribution >= 0.6 is 28.3 Å². The highest BCUT2D eigenvalue weighted by Crippen LogP contribution is 2.35. The first-order chi connectivity index (χ1) is 10.7. The molecule has 0 aliphatic heterocycles. The number of benzene rings is 2. The van der Waals surface area contributed by atoms with Crippen molar-refractivity contribution in [2.45, 2.75) is 12.4 Å². The summed E-state index contributed by atoms with van der Waals surface area (Å²) in [6.07, 6.45) is -4.77. The Kier molecular flexibility index (Phi) is 6.49. The van der Waals surface area contributed by atoms with E-state index >= 15 is 0 Å². The molecule has 0 aromatic heterocycles. The van der Waals surface area contributed by atoms with E-state index in [2.05, 4.69) is 20.7 Å². The van der Waals surface area contributed by atoms with Crippen LogP contribution in [0, 0.1) is 11.3 Å². The predicted molar refractivity (Wildman–Crippen MR) is 86.9 cm³/mol. The summed E-state index contributed by atoms with van der Waals surface area (Å²) in [5.74, 6) is -0.503. The molecular formula is C15H11BrClF3N2O2. The van der Waals surface area contributed by atoms with E-state index < -0.39 is 12.4 Å². The maximum absolute atomic E-state index is 12.1. The number of halogens is 5. The van der Waals surface area contributed by atoms with Gasteiger partial charge >= 0.3 is 6.36 Å². The van der Waals surface area contributed by atoms with Gasteiger partial charge in [-0.2, -0.15) is 5.26 Å². The molecule has 2 aromatic carbocycles. The number of hydrogen-bond acceptors (Lipinski definition) is 4. The molecule has 0 fully saturated rings. The quantitative estimate of drug-likeness (QED) is 0.767. The van der Waals surface area contributed by atoms with Crippen molar-refractivity contribution in [3.8, 4) is 17.6 Å². The number of rotatable bonds is 3. The average molecular weight is 424 g/mol. The number of alkyl halides is 3. The normalized spacial score (nSPS) is 12.0. The van der Waals surface area contributed by atoms with E-state index in [1.807, 2.05) is 6.07 Å². The third kappa shape index (κ3) is 4.77. The molecule has 0 unspecified atom stereocenters. The second kappa shape index (κ2) is 7.75. The predicted octanol–water partition coefficient (Wildman–Crippen LogP) is 4.39. The first-order valence-electron chi connectivity index (χ1n) is 6.25. The summed E-state index contributed by atoms with van der Waals surface area (Å²) in [4.78, 5) is 0. The largest absolute Gasteiger partial charge is 0.573 e. The third-order valence-corrected chi connectivity index (χ3v) is 3.63. The molecule has 0 saturated carbocycles. The van der Waals surface area contributed by atoms with Crippen molar-refractivity contribution in [2.75, 3.05) is 0 Å². The molecular weight excluding hydrogens is 413 g/mol.